The maximum absolute atomic E-state index is 14.2. The molecule has 0 fully saturated rings. The number of rotatable bonds is 13. The van der Waals surface area contributed by atoms with Crippen LogP contribution in [0.4, 0.5) is 10.5 Å². The number of pyridine rings is 2. The van der Waals surface area contributed by atoms with Crippen molar-refractivity contribution in [2.24, 2.45) is 11.7 Å². The van der Waals surface area contributed by atoms with Crippen LogP contribution in [0.3, 0.4) is 0 Å². The second-order valence-corrected chi connectivity index (χ2v) is 19.0. The first-order valence-corrected chi connectivity index (χ1v) is 24.1. The number of hydrogen-bond donors (Lipinski definition) is 4. The van der Waals surface area contributed by atoms with Crippen molar-refractivity contribution >= 4 is 40.5 Å². The number of aliphatic hydroxyl groups is 1. The molecule has 0 saturated heterocycles. The second kappa shape index (κ2) is 18.2. The van der Waals surface area contributed by atoms with Gasteiger partial charge in [0.15, 0.2) is 11.7 Å². The first-order chi connectivity index (χ1) is 33.7. The first kappa shape index (κ1) is 46.4. The van der Waals surface area contributed by atoms with E-state index in [-0.39, 0.29) is 48.8 Å². The van der Waals surface area contributed by atoms with Crippen LogP contribution in [0.2, 0.25) is 0 Å². The lowest BCUT2D eigenvalue weighted by molar-refractivity contribution is -0.172. The summed E-state index contributed by atoms with van der Waals surface area (Å²) in [4.78, 5) is 74.0. The number of carbonyl (C=O) groups excluding carboxylic acids is 4. The Hall–Kier alpha value is -7.36. The molecule has 70 heavy (non-hydrogen) atoms. The molecule has 0 bridgehead atoms. The zero-order chi connectivity index (χ0) is 49.2. The molecule has 4 heterocycles. The standard InChI is InChI=1S/C55H56N6O9/c1-6-55(67)42-24-44-48-40(26-61(44)52(64)41(42)28-69-53(55)65)36-17-12-18-39-45(22-21-43(59-48)46(36)39)68-27-31-19-20-33(58-50(62)30(5)57-51(63)47(56)29(3)4)23-32(31)25-60(7-2)54(66)70-49-37-15-10-8-13-34(37)35-14-9-11-16-38(35)49/h8-11,13-16,19-24,29-30,47,49,67H,6-7,12,17-18,25-28,56H2,1-5H3,(H,57,63)(H,58,62)/t30-,47-,55-/m0/s1. The van der Waals surface area contributed by atoms with Gasteiger partial charge in [-0.2, -0.15) is 0 Å². The molecule has 0 radical (unpaired) electrons. The molecule has 2 aliphatic carbocycles. The SMILES string of the molecule is CCN(Cc1cc(NC(=O)[C@H](C)NC(=O)[C@@H](N)C(C)C)ccc1COc1ccc2nc3c(c4c2c1CCC4)Cn1c-3cc2c(c1=O)COC(=O)[C@]2(O)CC)C(=O)OC1c2ccccc2-c2ccccc21. The van der Waals surface area contributed by atoms with Gasteiger partial charge in [0, 0.05) is 52.0 Å². The Morgan fingerprint density at radius 2 is 1.61 bits per heavy atom. The summed E-state index contributed by atoms with van der Waals surface area (Å²) in [5, 5.41) is 18.0. The summed E-state index contributed by atoms with van der Waals surface area (Å²) >= 11 is 0. The maximum atomic E-state index is 14.2. The van der Waals surface area contributed by atoms with Crippen molar-refractivity contribution in [1.82, 2.24) is 19.8 Å². The van der Waals surface area contributed by atoms with Crippen molar-refractivity contribution in [3.63, 3.8) is 0 Å². The molecule has 360 valence electrons. The second-order valence-electron chi connectivity index (χ2n) is 19.0. The third-order valence-electron chi connectivity index (χ3n) is 14.5. The van der Waals surface area contributed by atoms with Gasteiger partial charge >= 0.3 is 12.1 Å². The van der Waals surface area contributed by atoms with Gasteiger partial charge in [-0.3, -0.25) is 14.4 Å². The molecule has 4 aromatic carbocycles. The average molecular weight is 945 g/mol. The number of fused-ring (bicyclic) bond motifs is 8. The maximum Gasteiger partial charge on any atom is 0.411 e. The molecule has 5 N–H and O–H groups in total. The number of amides is 3. The monoisotopic (exact) mass is 944 g/mol. The molecular weight excluding hydrogens is 889 g/mol. The fourth-order valence-corrected chi connectivity index (χ4v) is 10.4. The first-order valence-electron chi connectivity index (χ1n) is 24.1. The lowest BCUT2D eigenvalue weighted by atomic mass is 9.85. The summed E-state index contributed by atoms with van der Waals surface area (Å²) < 4.78 is 20.0. The van der Waals surface area contributed by atoms with E-state index < -0.39 is 47.7 Å². The lowest BCUT2D eigenvalue weighted by Gasteiger charge is -2.31. The fourth-order valence-electron chi connectivity index (χ4n) is 10.4. The van der Waals surface area contributed by atoms with Gasteiger partial charge in [-0.05, 0) is 104 Å². The summed E-state index contributed by atoms with van der Waals surface area (Å²) in [5.74, 6) is -1.05. The molecule has 3 amide bonds. The highest BCUT2D eigenvalue weighted by Crippen LogP contribution is 2.46. The number of nitrogens with two attached hydrogens (primary N) is 1. The summed E-state index contributed by atoms with van der Waals surface area (Å²) in [6.07, 6.45) is 1.31. The van der Waals surface area contributed by atoms with Gasteiger partial charge in [-0.15, -0.1) is 0 Å². The highest BCUT2D eigenvalue weighted by molar-refractivity contribution is 5.98. The molecule has 0 spiro atoms. The minimum Gasteiger partial charge on any atom is -0.489 e. The summed E-state index contributed by atoms with van der Waals surface area (Å²) in [6.45, 7) is 9.53. The van der Waals surface area contributed by atoms with E-state index in [0.717, 1.165) is 74.7 Å². The van der Waals surface area contributed by atoms with Crippen molar-refractivity contribution in [2.45, 2.75) is 110 Å². The number of carbonyl (C=O) groups is 4. The number of ether oxygens (including phenoxy) is 3. The lowest BCUT2D eigenvalue weighted by Crippen LogP contribution is -2.50. The number of esters is 1. The quantitative estimate of drug-likeness (QED) is 0.0845. The van der Waals surface area contributed by atoms with Crippen LogP contribution in [-0.2, 0) is 68.6 Å². The number of hydrogen-bond acceptors (Lipinski definition) is 11. The number of aromatic nitrogens is 2. The molecule has 0 saturated carbocycles. The molecule has 0 unspecified atom stereocenters. The molecule has 2 aromatic heterocycles. The van der Waals surface area contributed by atoms with E-state index in [1.165, 1.54) is 0 Å². The van der Waals surface area contributed by atoms with Crippen LogP contribution in [-0.4, -0.2) is 62.1 Å². The van der Waals surface area contributed by atoms with Crippen molar-refractivity contribution < 1.29 is 38.5 Å². The van der Waals surface area contributed by atoms with Gasteiger partial charge in [0.25, 0.3) is 5.56 Å². The number of cyclic esters (lactones) is 1. The molecule has 15 heteroatoms. The van der Waals surface area contributed by atoms with Crippen molar-refractivity contribution in [1.29, 1.82) is 0 Å². The highest BCUT2D eigenvalue weighted by Gasteiger charge is 2.46. The van der Waals surface area contributed by atoms with E-state index in [4.69, 9.17) is 24.9 Å². The van der Waals surface area contributed by atoms with Crippen LogP contribution in [0.5, 0.6) is 5.75 Å². The van der Waals surface area contributed by atoms with E-state index in [1.807, 2.05) is 93.6 Å². The Balaban J connectivity index is 0.950. The van der Waals surface area contributed by atoms with Crippen LogP contribution >= 0.6 is 0 Å². The van der Waals surface area contributed by atoms with E-state index >= 15 is 0 Å². The van der Waals surface area contributed by atoms with E-state index in [9.17, 15) is 29.1 Å². The smallest absolute Gasteiger partial charge is 0.411 e. The molecular formula is C55H56N6O9. The predicted molar refractivity (Wildman–Crippen MR) is 263 cm³/mol. The fraction of sp³-hybridized carbons (Fsp3) is 0.345. The Labute approximate surface area is 405 Å². The molecule has 2 aliphatic heterocycles. The highest BCUT2D eigenvalue weighted by atomic mass is 16.6. The minimum atomic E-state index is -1.92. The van der Waals surface area contributed by atoms with E-state index in [1.54, 1.807) is 35.4 Å². The number of anilines is 1. The third kappa shape index (κ3) is 7.86. The molecule has 6 aromatic rings. The number of nitrogens with one attached hydrogen (secondary N) is 2. The van der Waals surface area contributed by atoms with Crippen molar-refractivity contribution in [3.05, 3.63) is 145 Å². The number of aryl methyl sites for hydroxylation is 2. The van der Waals surface area contributed by atoms with Gasteiger partial charge in [-0.1, -0.05) is 75.4 Å². The van der Waals surface area contributed by atoms with Gasteiger partial charge in [0.05, 0.1) is 35.1 Å². The number of benzene rings is 4. The van der Waals surface area contributed by atoms with Gasteiger partial charge in [0.2, 0.25) is 11.8 Å². The summed E-state index contributed by atoms with van der Waals surface area (Å²) in [6, 6.07) is 25.2. The van der Waals surface area contributed by atoms with E-state index in [2.05, 4.69) is 10.6 Å². The minimum absolute atomic E-state index is 0.0584. The Kier molecular flexibility index (Phi) is 12.0. The zero-order valence-corrected chi connectivity index (χ0v) is 39.9. The van der Waals surface area contributed by atoms with Crippen LogP contribution in [0.15, 0.2) is 89.7 Å². The van der Waals surface area contributed by atoms with Crippen molar-refractivity contribution in [2.75, 3.05) is 11.9 Å². The number of nitrogens with zero attached hydrogens (tertiary/aromatic N) is 3. The largest absolute Gasteiger partial charge is 0.489 e. The molecule has 4 aliphatic rings. The Bertz CT molecular complexity index is 3170. The Morgan fingerprint density at radius 1 is 0.900 bits per heavy atom. The topological polar surface area (TPSA) is 204 Å². The molecule has 3 atom stereocenters. The normalized spacial score (nSPS) is 17.1. The van der Waals surface area contributed by atoms with Gasteiger partial charge in [0.1, 0.15) is 25.0 Å². The zero-order valence-electron chi connectivity index (χ0n) is 39.9. The predicted octanol–water partition coefficient (Wildman–Crippen LogP) is 7.30. The summed E-state index contributed by atoms with van der Waals surface area (Å²) in [5.41, 5.74) is 15.2. The Morgan fingerprint density at radius 3 is 2.31 bits per heavy atom. The van der Waals surface area contributed by atoms with Crippen LogP contribution in [0.1, 0.15) is 104 Å². The van der Waals surface area contributed by atoms with Crippen molar-refractivity contribution in [3.8, 4) is 28.3 Å². The average Bonchev–Trinajstić information content (AvgIpc) is 3.90. The van der Waals surface area contributed by atoms with Crippen LogP contribution < -0.4 is 26.7 Å². The molecule has 10 rings (SSSR count). The molecule has 15 nitrogen and oxygen atoms in total. The van der Waals surface area contributed by atoms with Gasteiger partial charge < -0.3 is 45.2 Å². The van der Waals surface area contributed by atoms with E-state index in [0.29, 0.717) is 41.5 Å². The summed E-state index contributed by atoms with van der Waals surface area (Å²) in [7, 11) is 0. The van der Waals surface area contributed by atoms with Crippen LogP contribution in [0.25, 0.3) is 33.4 Å². The van der Waals surface area contributed by atoms with Gasteiger partial charge in [-0.25, -0.2) is 14.6 Å². The third-order valence-corrected chi connectivity index (χ3v) is 14.5. The van der Waals surface area contributed by atoms with Crippen LogP contribution in [0, 0.1) is 5.92 Å².